The summed E-state index contributed by atoms with van der Waals surface area (Å²) in [6.07, 6.45) is 1.03. The van der Waals surface area contributed by atoms with Gasteiger partial charge < -0.3 is 0 Å². The Morgan fingerprint density at radius 2 is 1.91 bits per heavy atom. The molecule has 0 spiro atoms. The van der Waals surface area contributed by atoms with Gasteiger partial charge in [-0.1, -0.05) is 36.1 Å². The molecule has 0 fully saturated rings. The van der Waals surface area contributed by atoms with Crippen LogP contribution in [0.5, 0.6) is 0 Å². The largest absolute Gasteiger partial charge is 0.295 e. The molecule has 0 unspecified atom stereocenters. The zero-order chi connectivity index (χ0) is 8.27. The van der Waals surface area contributed by atoms with Gasteiger partial charge in [-0.05, 0) is 6.92 Å². The average molecular weight is 146 g/mol. The molecule has 0 saturated carbocycles. The summed E-state index contributed by atoms with van der Waals surface area (Å²) in [5.41, 5.74) is 2.07. The fraction of sp³-hybridized carbons (Fsp3) is 0.222. The van der Waals surface area contributed by atoms with Gasteiger partial charge in [-0.2, -0.15) is 0 Å². The molecule has 0 amide bonds. The molecule has 0 aromatic heterocycles. The van der Waals surface area contributed by atoms with E-state index in [0.29, 0.717) is 0 Å². The Balaban J connectivity index is 2.91. The van der Waals surface area contributed by atoms with Gasteiger partial charge in [0.2, 0.25) is 0 Å². The van der Waals surface area contributed by atoms with Gasteiger partial charge in [-0.25, -0.2) is 0 Å². The van der Waals surface area contributed by atoms with E-state index in [2.05, 4.69) is 7.85 Å². The zero-order valence-electron chi connectivity index (χ0n) is 6.92. The third-order valence-corrected chi connectivity index (χ3v) is 1.77. The molecule has 2 heteroatoms. The van der Waals surface area contributed by atoms with E-state index in [1.54, 1.807) is 6.92 Å². The van der Waals surface area contributed by atoms with Crippen LogP contribution in [0.3, 0.4) is 0 Å². The number of Topliss-reactive ketones (excluding diaryl/α,β-unsaturated/α-hetero) is 1. The highest BCUT2D eigenvalue weighted by Gasteiger charge is 1.96. The molecular formula is C9H11BO. The fourth-order valence-electron chi connectivity index (χ4n) is 0.975. The number of carbonyl (C=O) groups is 1. The van der Waals surface area contributed by atoms with Crippen LogP contribution in [-0.2, 0) is 6.32 Å². The highest BCUT2D eigenvalue weighted by Crippen LogP contribution is 2.04. The second kappa shape index (κ2) is 3.38. The molecule has 0 N–H and O–H groups in total. The number of rotatable bonds is 2. The first-order chi connectivity index (χ1) is 5.24. The number of benzene rings is 1. The Bertz CT molecular complexity index is 251. The van der Waals surface area contributed by atoms with Gasteiger partial charge in [0, 0.05) is 5.56 Å². The number of ketones is 1. The van der Waals surface area contributed by atoms with Crippen LogP contribution in [0.2, 0.25) is 0 Å². The lowest BCUT2D eigenvalue weighted by Crippen LogP contribution is -1.92. The van der Waals surface area contributed by atoms with Crippen molar-refractivity contribution in [1.29, 1.82) is 0 Å². The van der Waals surface area contributed by atoms with Crippen LogP contribution >= 0.6 is 0 Å². The number of hydrogen-bond acceptors (Lipinski definition) is 1. The Morgan fingerprint density at radius 1 is 1.36 bits per heavy atom. The van der Waals surface area contributed by atoms with Gasteiger partial charge in [0.15, 0.2) is 5.78 Å². The summed E-state index contributed by atoms with van der Waals surface area (Å²) < 4.78 is 0. The fourth-order valence-corrected chi connectivity index (χ4v) is 0.975. The molecule has 1 rings (SSSR count). The average Bonchev–Trinajstić information content (AvgIpc) is 2.05. The second-order valence-corrected chi connectivity index (χ2v) is 2.61. The van der Waals surface area contributed by atoms with Crippen LogP contribution in [0, 0.1) is 0 Å². The van der Waals surface area contributed by atoms with Crippen molar-refractivity contribution in [3.05, 3.63) is 35.4 Å². The molecule has 0 aliphatic carbocycles. The summed E-state index contributed by atoms with van der Waals surface area (Å²) in [5.74, 6) is 0.132. The van der Waals surface area contributed by atoms with Crippen molar-refractivity contribution in [1.82, 2.24) is 0 Å². The third-order valence-electron chi connectivity index (χ3n) is 1.77. The summed E-state index contributed by atoms with van der Waals surface area (Å²) in [6.45, 7) is 1.58. The topological polar surface area (TPSA) is 17.1 Å². The molecule has 56 valence electrons. The maximum Gasteiger partial charge on any atom is 0.159 e. The van der Waals surface area contributed by atoms with Gasteiger partial charge >= 0.3 is 0 Å². The monoisotopic (exact) mass is 146 g/mol. The molecule has 1 aromatic rings. The number of carbonyl (C=O) groups excluding carboxylic acids is 1. The normalized spacial score (nSPS) is 9.55. The maximum atomic E-state index is 10.8. The van der Waals surface area contributed by atoms with Crippen LogP contribution in [0.1, 0.15) is 22.8 Å². The minimum Gasteiger partial charge on any atom is -0.295 e. The van der Waals surface area contributed by atoms with Crippen molar-refractivity contribution in [3.63, 3.8) is 0 Å². The summed E-state index contributed by atoms with van der Waals surface area (Å²) in [4.78, 5) is 10.8. The van der Waals surface area contributed by atoms with E-state index in [4.69, 9.17) is 0 Å². The Morgan fingerprint density at radius 3 is 2.27 bits per heavy atom. The maximum absolute atomic E-state index is 10.8. The van der Waals surface area contributed by atoms with Crippen LogP contribution in [0.4, 0.5) is 0 Å². The molecule has 1 nitrogen and oxygen atoms in total. The predicted molar refractivity (Wildman–Crippen MR) is 48.7 cm³/mol. The van der Waals surface area contributed by atoms with Gasteiger partial charge in [0.1, 0.15) is 7.85 Å². The predicted octanol–water partition coefficient (Wildman–Crippen LogP) is 1.02. The molecule has 0 bridgehead atoms. The molecule has 1 aromatic carbocycles. The van der Waals surface area contributed by atoms with E-state index >= 15 is 0 Å². The third kappa shape index (κ3) is 1.94. The first kappa shape index (κ1) is 8.06. The van der Waals surface area contributed by atoms with Crippen molar-refractivity contribution in [2.45, 2.75) is 13.2 Å². The standard InChI is InChI=1S/C9H11BO/c1-7(11)9-4-2-8(6-10)3-5-9/h2-5H,6,10H2,1H3. The molecule has 0 heterocycles. The smallest absolute Gasteiger partial charge is 0.159 e. The van der Waals surface area contributed by atoms with Crippen LogP contribution < -0.4 is 0 Å². The SMILES string of the molecule is BCc1ccc(C(C)=O)cc1. The molecule has 11 heavy (non-hydrogen) atoms. The van der Waals surface area contributed by atoms with Crippen molar-refractivity contribution in [2.75, 3.05) is 0 Å². The second-order valence-electron chi connectivity index (χ2n) is 2.61. The van der Waals surface area contributed by atoms with Crippen molar-refractivity contribution in [3.8, 4) is 0 Å². The summed E-state index contributed by atoms with van der Waals surface area (Å²) >= 11 is 0. The minimum absolute atomic E-state index is 0.132. The van der Waals surface area contributed by atoms with Gasteiger partial charge in [-0.15, -0.1) is 0 Å². The van der Waals surface area contributed by atoms with Crippen molar-refractivity contribution < 1.29 is 4.79 Å². The molecular weight excluding hydrogens is 135 g/mol. The molecule has 0 saturated heterocycles. The number of hydrogen-bond donors (Lipinski definition) is 0. The van der Waals surface area contributed by atoms with Crippen molar-refractivity contribution in [2.24, 2.45) is 0 Å². The van der Waals surface area contributed by atoms with E-state index < -0.39 is 0 Å². The van der Waals surface area contributed by atoms with E-state index in [9.17, 15) is 4.79 Å². The van der Waals surface area contributed by atoms with Crippen molar-refractivity contribution >= 4 is 13.6 Å². The summed E-state index contributed by atoms with van der Waals surface area (Å²) in [5, 5.41) is 0. The Kier molecular flexibility index (Phi) is 2.47. The van der Waals surface area contributed by atoms with E-state index in [0.717, 1.165) is 11.9 Å². The highest BCUT2D eigenvalue weighted by atomic mass is 16.1. The lowest BCUT2D eigenvalue weighted by molar-refractivity contribution is 0.101. The summed E-state index contributed by atoms with van der Waals surface area (Å²) in [6, 6.07) is 7.75. The molecule has 0 aliphatic heterocycles. The van der Waals surface area contributed by atoms with Gasteiger partial charge in [0.05, 0.1) is 0 Å². The molecule has 0 aliphatic rings. The highest BCUT2D eigenvalue weighted by molar-refractivity contribution is 6.08. The van der Waals surface area contributed by atoms with E-state index in [-0.39, 0.29) is 5.78 Å². The zero-order valence-corrected chi connectivity index (χ0v) is 6.92. The van der Waals surface area contributed by atoms with Gasteiger partial charge in [0.25, 0.3) is 0 Å². The Labute approximate surface area is 67.8 Å². The lowest BCUT2D eigenvalue weighted by Gasteiger charge is -1.97. The molecule has 0 atom stereocenters. The van der Waals surface area contributed by atoms with Crippen LogP contribution in [0.25, 0.3) is 0 Å². The van der Waals surface area contributed by atoms with Crippen LogP contribution in [-0.4, -0.2) is 13.6 Å². The van der Waals surface area contributed by atoms with Crippen LogP contribution in [0.15, 0.2) is 24.3 Å². The van der Waals surface area contributed by atoms with E-state index in [1.807, 2.05) is 24.3 Å². The Hall–Kier alpha value is -1.05. The minimum atomic E-state index is 0.132. The lowest BCUT2D eigenvalue weighted by atomic mass is 9.96. The quantitative estimate of drug-likeness (QED) is 0.449. The first-order valence-electron chi connectivity index (χ1n) is 3.84. The summed E-state index contributed by atoms with van der Waals surface area (Å²) in [7, 11) is 2.10. The molecule has 0 radical (unpaired) electrons. The first-order valence-corrected chi connectivity index (χ1v) is 3.84. The van der Waals surface area contributed by atoms with E-state index in [1.165, 1.54) is 5.56 Å². The van der Waals surface area contributed by atoms with Gasteiger partial charge in [-0.3, -0.25) is 4.79 Å².